The van der Waals surface area contributed by atoms with Crippen molar-refractivity contribution < 1.29 is 8.81 Å². The molecule has 1 aromatic heterocycles. The molecule has 78 valence electrons. The Balaban J connectivity index is 2.19. The highest BCUT2D eigenvalue weighted by molar-refractivity contribution is 5.76. The predicted octanol–water partition coefficient (Wildman–Crippen LogP) is 3.63. The second kappa shape index (κ2) is 3.45. The van der Waals surface area contributed by atoms with Crippen molar-refractivity contribution in [1.82, 2.24) is 4.98 Å². The van der Waals surface area contributed by atoms with Gasteiger partial charge in [-0.25, -0.2) is 9.37 Å². The van der Waals surface area contributed by atoms with Crippen molar-refractivity contribution in [3.63, 3.8) is 0 Å². The quantitative estimate of drug-likeness (QED) is 0.616. The second-order valence-electron chi connectivity index (χ2n) is 3.50. The van der Waals surface area contributed by atoms with Crippen LogP contribution in [0.1, 0.15) is 0 Å². The van der Waals surface area contributed by atoms with E-state index in [1.165, 1.54) is 12.1 Å². The summed E-state index contributed by atoms with van der Waals surface area (Å²) in [5.41, 5.74) is 2.03. The zero-order chi connectivity index (χ0) is 11.0. The molecular weight excluding hydrogens is 205 g/mol. The van der Waals surface area contributed by atoms with E-state index in [4.69, 9.17) is 4.42 Å². The van der Waals surface area contributed by atoms with Gasteiger partial charge in [0.1, 0.15) is 11.3 Å². The van der Waals surface area contributed by atoms with Crippen LogP contribution in [0.4, 0.5) is 4.39 Å². The molecule has 3 heteroatoms. The van der Waals surface area contributed by atoms with Gasteiger partial charge in [-0.05, 0) is 24.3 Å². The summed E-state index contributed by atoms with van der Waals surface area (Å²) in [5, 5.41) is 0. The highest BCUT2D eigenvalue weighted by atomic mass is 19.1. The largest absolute Gasteiger partial charge is 0.436 e. The number of aromatic nitrogens is 1. The van der Waals surface area contributed by atoms with Crippen LogP contribution in [-0.4, -0.2) is 4.98 Å². The molecule has 0 radical (unpaired) electrons. The van der Waals surface area contributed by atoms with Crippen molar-refractivity contribution in [2.75, 3.05) is 0 Å². The van der Waals surface area contributed by atoms with Gasteiger partial charge in [-0.3, -0.25) is 0 Å². The fourth-order valence-corrected chi connectivity index (χ4v) is 1.60. The molecule has 0 N–H and O–H groups in total. The highest BCUT2D eigenvalue weighted by Gasteiger charge is 2.07. The molecule has 0 unspecified atom stereocenters. The Morgan fingerprint density at radius 2 is 1.81 bits per heavy atom. The van der Waals surface area contributed by atoms with Crippen LogP contribution in [0.5, 0.6) is 0 Å². The van der Waals surface area contributed by atoms with E-state index in [0.29, 0.717) is 17.0 Å². The van der Waals surface area contributed by atoms with Gasteiger partial charge in [-0.1, -0.05) is 18.2 Å². The lowest BCUT2D eigenvalue weighted by atomic mass is 10.2. The molecule has 1 heterocycles. The van der Waals surface area contributed by atoms with Crippen molar-refractivity contribution in [2.45, 2.75) is 0 Å². The molecule has 0 aliphatic rings. The van der Waals surface area contributed by atoms with Gasteiger partial charge in [0, 0.05) is 11.6 Å². The minimum absolute atomic E-state index is 0.316. The molecule has 16 heavy (non-hydrogen) atoms. The van der Waals surface area contributed by atoms with Gasteiger partial charge in [-0.15, -0.1) is 0 Å². The average Bonchev–Trinajstić information content (AvgIpc) is 2.73. The lowest BCUT2D eigenvalue weighted by Crippen LogP contribution is -1.74. The number of halogens is 1. The Morgan fingerprint density at radius 3 is 2.62 bits per heavy atom. The number of benzene rings is 2. The van der Waals surface area contributed by atoms with Crippen molar-refractivity contribution in [3.8, 4) is 11.5 Å². The summed E-state index contributed by atoms with van der Waals surface area (Å²) >= 11 is 0. The molecule has 0 amide bonds. The Kier molecular flexibility index (Phi) is 1.96. The Hall–Kier alpha value is -2.16. The molecule has 0 saturated carbocycles. The van der Waals surface area contributed by atoms with Gasteiger partial charge < -0.3 is 4.42 Å². The SMILES string of the molecule is Fc1ccc2nc(-c3ccccc3)oc2c1. The molecule has 2 aromatic carbocycles. The van der Waals surface area contributed by atoms with Crippen molar-refractivity contribution in [2.24, 2.45) is 0 Å². The average molecular weight is 213 g/mol. The number of hydrogen-bond acceptors (Lipinski definition) is 2. The van der Waals surface area contributed by atoms with E-state index in [1.807, 2.05) is 30.3 Å². The minimum Gasteiger partial charge on any atom is -0.436 e. The van der Waals surface area contributed by atoms with E-state index in [2.05, 4.69) is 4.98 Å². The summed E-state index contributed by atoms with van der Waals surface area (Å²) < 4.78 is 18.4. The zero-order valence-corrected chi connectivity index (χ0v) is 8.35. The molecule has 3 rings (SSSR count). The van der Waals surface area contributed by atoms with Crippen LogP contribution in [0.3, 0.4) is 0 Å². The molecule has 2 nitrogen and oxygen atoms in total. The Bertz CT molecular complexity index is 631. The first-order chi connectivity index (χ1) is 7.83. The summed E-state index contributed by atoms with van der Waals surface area (Å²) in [5.74, 6) is 0.199. The summed E-state index contributed by atoms with van der Waals surface area (Å²) in [6.45, 7) is 0. The maximum absolute atomic E-state index is 13.0. The van der Waals surface area contributed by atoms with Crippen molar-refractivity contribution in [1.29, 1.82) is 0 Å². The standard InChI is InChI=1S/C13H8FNO/c14-10-6-7-11-12(8-10)16-13(15-11)9-4-2-1-3-5-9/h1-8H. The smallest absolute Gasteiger partial charge is 0.227 e. The van der Waals surface area contributed by atoms with Crippen LogP contribution in [0, 0.1) is 5.82 Å². The van der Waals surface area contributed by atoms with Gasteiger partial charge in [-0.2, -0.15) is 0 Å². The van der Waals surface area contributed by atoms with Gasteiger partial charge in [0.2, 0.25) is 5.89 Å². The van der Waals surface area contributed by atoms with Crippen molar-refractivity contribution >= 4 is 11.1 Å². The lowest BCUT2D eigenvalue weighted by Gasteiger charge is -1.91. The molecular formula is C13H8FNO. The third-order valence-electron chi connectivity index (χ3n) is 2.37. The second-order valence-corrected chi connectivity index (χ2v) is 3.50. The topological polar surface area (TPSA) is 26.0 Å². The van der Waals surface area contributed by atoms with Crippen molar-refractivity contribution in [3.05, 3.63) is 54.3 Å². The van der Waals surface area contributed by atoms with E-state index in [9.17, 15) is 4.39 Å². The van der Waals surface area contributed by atoms with E-state index in [1.54, 1.807) is 6.07 Å². The van der Waals surface area contributed by atoms with E-state index in [-0.39, 0.29) is 5.82 Å². The first-order valence-electron chi connectivity index (χ1n) is 4.94. The molecule has 0 spiro atoms. The predicted molar refractivity (Wildman–Crippen MR) is 59.4 cm³/mol. The summed E-state index contributed by atoms with van der Waals surface area (Å²) in [7, 11) is 0. The number of hydrogen-bond donors (Lipinski definition) is 0. The molecule has 0 aliphatic heterocycles. The first kappa shape index (κ1) is 9.09. The van der Waals surface area contributed by atoms with Crippen LogP contribution >= 0.6 is 0 Å². The van der Waals surface area contributed by atoms with Crippen LogP contribution in [0.25, 0.3) is 22.6 Å². The van der Waals surface area contributed by atoms with Crippen LogP contribution < -0.4 is 0 Å². The number of fused-ring (bicyclic) bond motifs is 1. The third kappa shape index (κ3) is 1.46. The minimum atomic E-state index is -0.316. The molecule has 0 saturated heterocycles. The van der Waals surface area contributed by atoms with Gasteiger partial charge >= 0.3 is 0 Å². The van der Waals surface area contributed by atoms with Crippen LogP contribution in [0.15, 0.2) is 52.9 Å². The third-order valence-corrected chi connectivity index (χ3v) is 2.37. The molecule has 0 atom stereocenters. The van der Waals surface area contributed by atoms with E-state index in [0.717, 1.165) is 5.56 Å². The van der Waals surface area contributed by atoms with Gasteiger partial charge in [0.15, 0.2) is 5.58 Å². The Morgan fingerprint density at radius 1 is 1.00 bits per heavy atom. The normalized spacial score (nSPS) is 10.8. The fourth-order valence-electron chi connectivity index (χ4n) is 1.60. The molecule has 3 aromatic rings. The molecule has 0 aliphatic carbocycles. The zero-order valence-electron chi connectivity index (χ0n) is 8.35. The highest BCUT2D eigenvalue weighted by Crippen LogP contribution is 2.24. The lowest BCUT2D eigenvalue weighted by molar-refractivity contribution is 0.602. The summed E-state index contributed by atoms with van der Waals surface area (Å²) in [4.78, 5) is 4.29. The van der Waals surface area contributed by atoms with Crippen LogP contribution in [0.2, 0.25) is 0 Å². The first-order valence-corrected chi connectivity index (χ1v) is 4.94. The monoisotopic (exact) mass is 213 g/mol. The molecule has 0 fully saturated rings. The summed E-state index contributed by atoms with van der Waals surface area (Å²) in [6.07, 6.45) is 0. The van der Waals surface area contributed by atoms with E-state index >= 15 is 0 Å². The summed E-state index contributed by atoms with van der Waals surface area (Å²) in [6, 6.07) is 13.9. The number of nitrogens with zero attached hydrogens (tertiary/aromatic N) is 1. The van der Waals surface area contributed by atoms with E-state index < -0.39 is 0 Å². The maximum atomic E-state index is 13.0. The van der Waals surface area contributed by atoms with Crippen LogP contribution in [-0.2, 0) is 0 Å². The Labute approximate surface area is 91.3 Å². The number of oxazole rings is 1. The fraction of sp³-hybridized carbons (Fsp3) is 0. The number of rotatable bonds is 1. The van der Waals surface area contributed by atoms with Gasteiger partial charge in [0.25, 0.3) is 0 Å². The maximum Gasteiger partial charge on any atom is 0.227 e. The molecule has 0 bridgehead atoms. The van der Waals surface area contributed by atoms with Gasteiger partial charge in [0.05, 0.1) is 0 Å².